The van der Waals surface area contributed by atoms with Crippen molar-refractivity contribution < 1.29 is 27.8 Å². The summed E-state index contributed by atoms with van der Waals surface area (Å²) in [6, 6.07) is 6.54. The summed E-state index contributed by atoms with van der Waals surface area (Å²) in [5, 5.41) is 22.2. The molecule has 126 valence electrons. The first kappa shape index (κ1) is 17.2. The number of nitro benzene ring substituents is 2. The van der Waals surface area contributed by atoms with Gasteiger partial charge in [0.15, 0.2) is 0 Å². The maximum Gasteiger partial charge on any atom is 0.416 e. The van der Waals surface area contributed by atoms with Crippen molar-refractivity contribution in [2.75, 3.05) is 0 Å². The Balaban J connectivity index is 2.71. The van der Waals surface area contributed by atoms with Gasteiger partial charge in [0.1, 0.15) is 5.75 Å². The number of rotatable bonds is 4. The van der Waals surface area contributed by atoms with E-state index in [1.165, 1.54) is 12.1 Å². The van der Waals surface area contributed by atoms with Crippen LogP contribution in [0.1, 0.15) is 11.1 Å². The molecular weight excluding hydrogens is 333 g/mol. The van der Waals surface area contributed by atoms with Crippen LogP contribution in [0.5, 0.6) is 11.5 Å². The number of benzene rings is 2. The normalized spacial score (nSPS) is 11.2. The second kappa shape index (κ2) is 6.14. The van der Waals surface area contributed by atoms with E-state index in [9.17, 15) is 33.4 Å². The lowest BCUT2D eigenvalue weighted by atomic mass is 10.1. The van der Waals surface area contributed by atoms with E-state index in [-0.39, 0.29) is 17.9 Å². The fourth-order valence-corrected chi connectivity index (χ4v) is 1.92. The molecule has 7 nitrogen and oxygen atoms in total. The Bertz CT molecular complexity index is 785. The average Bonchev–Trinajstić information content (AvgIpc) is 2.47. The van der Waals surface area contributed by atoms with E-state index in [0.717, 1.165) is 0 Å². The maximum atomic E-state index is 12.8. The number of nitro groups is 2. The lowest BCUT2D eigenvalue weighted by molar-refractivity contribution is -0.396. The van der Waals surface area contributed by atoms with Gasteiger partial charge in [-0.25, -0.2) is 0 Å². The lowest BCUT2D eigenvalue weighted by Crippen LogP contribution is -2.08. The molecule has 0 aromatic heterocycles. The maximum absolute atomic E-state index is 12.8. The van der Waals surface area contributed by atoms with Crippen molar-refractivity contribution in [3.05, 3.63) is 67.8 Å². The van der Waals surface area contributed by atoms with Gasteiger partial charge in [0.2, 0.25) is 0 Å². The Hall–Kier alpha value is -3.17. The van der Waals surface area contributed by atoms with E-state index in [0.29, 0.717) is 5.56 Å². The van der Waals surface area contributed by atoms with E-state index in [4.69, 9.17) is 4.74 Å². The van der Waals surface area contributed by atoms with Gasteiger partial charge in [-0.05, 0) is 18.6 Å². The van der Waals surface area contributed by atoms with Crippen LogP contribution in [-0.4, -0.2) is 9.85 Å². The summed E-state index contributed by atoms with van der Waals surface area (Å²) in [4.78, 5) is 19.9. The van der Waals surface area contributed by atoms with Crippen molar-refractivity contribution in [2.24, 2.45) is 0 Å². The van der Waals surface area contributed by atoms with Crippen molar-refractivity contribution in [3.8, 4) is 11.5 Å². The predicted molar refractivity (Wildman–Crippen MR) is 76.0 cm³/mol. The van der Waals surface area contributed by atoms with Crippen LogP contribution in [0, 0.1) is 27.2 Å². The summed E-state index contributed by atoms with van der Waals surface area (Å²) in [7, 11) is 0. The molecule has 24 heavy (non-hydrogen) atoms. The number of ether oxygens (including phenoxy) is 1. The van der Waals surface area contributed by atoms with Gasteiger partial charge in [-0.15, -0.1) is 0 Å². The first-order chi connectivity index (χ1) is 11.1. The molecule has 0 saturated heterocycles. The highest BCUT2D eigenvalue weighted by Gasteiger charge is 2.38. The Morgan fingerprint density at radius 3 is 1.92 bits per heavy atom. The highest BCUT2D eigenvalue weighted by atomic mass is 19.4. The number of hydrogen-bond acceptors (Lipinski definition) is 5. The monoisotopic (exact) mass is 342 g/mol. The zero-order chi connectivity index (χ0) is 18.1. The molecule has 0 unspecified atom stereocenters. The molecule has 0 saturated carbocycles. The van der Waals surface area contributed by atoms with Gasteiger partial charge >= 0.3 is 17.6 Å². The van der Waals surface area contributed by atoms with Crippen LogP contribution in [0.2, 0.25) is 0 Å². The molecule has 0 atom stereocenters. The van der Waals surface area contributed by atoms with Gasteiger partial charge in [-0.1, -0.05) is 18.2 Å². The summed E-state index contributed by atoms with van der Waals surface area (Å²) in [5.74, 6) is -0.796. The first-order valence-corrected chi connectivity index (χ1v) is 6.38. The van der Waals surface area contributed by atoms with E-state index in [1.54, 1.807) is 19.1 Å². The number of para-hydroxylation sites is 1. The third-order valence-corrected chi connectivity index (χ3v) is 3.08. The lowest BCUT2D eigenvalue weighted by Gasteiger charge is -2.12. The van der Waals surface area contributed by atoms with Crippen LogP contribution in [0.15, 0.2) is 36.4 Å². The van der Waals surface area contributed by atoms with Crippen molar-refractivity contribution in [1.82, 2.24) is 0 Å². The third-order valence-electron chi connectivity index (χ3n) is 3.08. The van der Waals surface area contributed by atoms with Gasteiger partial charge in [-0.2, -0.15) is 13.2 Å². The minimum Gasteiger partial charge on any atom is -0.444 e. The van der Waals surface area contributed by atoms with Crippen LogP contribution in [0.3, 0.4) is 0 Å². The highest BCUT2D eigenvalue weighted by molar-refractivity contribution is 5.64. The molecule has 0 aliphatic rings. The molecule has 0 bridgehead atoms. The van der Waals surface area contributed by atoms with Gasteiger partial charge < -0.3 is 4.74 Å². The Labute approximate surface area is 132 Å². The van der Waals surface area contributed by atoms with Crippen LogP contribution in [0.4, 0.5) is 24.5 Å². The van der Waals surface area contributed by atoms with Crippen molar-refractivity contribution >= 4 is 11.4 Å². The Morgan fingerprint density at radius 1 is 1.00 bits per heavy atom. The smallest absolute Gasteiger partial charge is 0.416 e. The summed E-state index contributed by atoms with van der Waals surface area (Å²) < 4.78 is 43.6. The summed E-state index contributed by atoms with van der Waals surface area (Å²) in [5.41, 5.74) is -3.28. The second-order valence-corrected chi connectivity index (χ2v) is 4.72. The standard InChI is InChI=1S/C14H9F3N2O5/c1-8-4-2-3-5-12(8)24-13-10(18(20)21)6-9(14(15,16)17)7-11(13)19(22)23/h2-7H,1H3. The number of halogens is 3. The molecule has 2 aromatic carbocycles. The molecule has 0 radical (unpaired) electrons. The van der Waals surface area contributed by atoms with E-state index in [2.05, 4.69) is 0 Å². The fraction of sp³-hybridized carbons (Fsp3) is 0.143. The second-order valence-electron chi connectivity index (χ2n) is 4.72. The minimum absolute atomic E-state index is 0.0588. The molecule has 0 aliphatic carbocycles. The zero-order valence-corrected chi connectivity index (χ0v) is 12.0. The largest absolute Gasteiger partial charge is 0.444 e. The Kier molecular flexibility index (Phi) is 4.40. The van der Waals surface area contributed by atoms with Crippen LogP contribution in [-0.2, 0) is 6.18 Å². The average molecular weight is 342 g/mol. The molecule has 0 spiro atoms. The number of aryl methyl sites for hydroxylation is 1. The summed E-state index contributed by atoms with van der Waals surface area (Å²) in [6.45, 7) is 1.58. The van der Waals surface area contributed by atoms with Crippen molar-refractivity contribution in [3.63, 3.8) is 0 Å². The van der Waals surface area contributed by atoms with Gasteiger partial charge in [0, 0.05) is 12.1 Å². The first-order valence-electron chi connectivity index (χ1n) is 6.38. The van der Waals surface area contributed by atoms with Gasteiger partial charge in [0.05, 0.1) is 15.4 Å². The third kappa shape index (κ3) is 3.42. The summed E-state index contributed by atoms with van der Waals surface area (Å²) in [6.07, 6.45) is -4.98. The number of alkyl halides is 3. The van der Waals surface area contributed by atoms with Gasteiger partial charge in [0.25, 0.3) is 5.75 Å². The number of nitrogens with zero attached hydrogens (tertiary/aromatic N) is 2. The molecule has 0 fully saturated rings. The fourth-order valence-electron chi connectivity index (χ4n) is 1.92. The molecular formula is C14H9F3N2O5. The highest BCUT2D eigenvalue weighted by Crippen LogP contribution is 2.44. The van der Waals surface area contributed by atoms with Crippen molar-refractivity contribution in [2.45, 2.75) is 13.1 Å². The predicted octanol–water partition coefficient (Wildman–Crippen LogP) is 4.62. The quantitative estimate of drug-likeness (QED) is 0.596. The van der Waals surface area contributed by atoms with Crippen LogP contribution >= 0.6 is 0 Å². The van der Waals surface area contributed by atoms with Crippen LogP contribution in [0.25, 0.3) is 0 Å². The minimum atomic E-state index is -4.98. The molecule has 0 amide bonds. The zero-order valence-electron chi connectivity index (χ0n) is 12.0. The molecule has 2 aromatic rings. The van der Waals surface area contributed by atoms with Crippen LogP contribution < -0.4 is 4.74 Å². The molecule has 10 heteroatoms. The topological polar surface area (TPSA) is 95.5 Å². The molecule has 2 rings (SSSR count). The Morgan fingerprint density at radius 2 is 1.50 bits per heavy atom. The SMILES string of the molecule is Cc1ccccc1Oc1c([N+](=O)[O-])cc(C(F)(F)F)cc1[N+](=O)[O-]. The molecule has 0 heterocycles. The van der Waals surface area contributed by atoms with E-state index < -0.39 is 38.7 Å². The van der Waals surface area contributed by atoms with Gasteiger partial charge in [-0.3, -0.25) is 20.2 Å². The van der Waals surface area contributed by atoms with Crippen molar-refractivity contribution in [1.29, 1.82) is 0 Å². The summed E-state index contributed by atoms with van der Waals surface area (Å²) >= 11 is 0. The number of hydrogen-bond donors (Lipinski definition) is 0. The molecule has 0 aliphatic heterocycles. The van der Waals surface area contributed by atoms with E-state index in [1.807, 2.05) is 0 Å². The van der Waals surface area contributed by atoms with E-state index >= 15 is 0 Å². The molecule has 0 N–H and O–H groups in total.